The zero-order valence-corrected chi connectivity index (χ0v) is 12.9. The number of carbonyl (C=O) groups is 1. The molecule has 2 heterocycles. The van der Waals surface area contributed by atoms with E-state index in [1.807, 2.05) is 0 Å². The number of nitrogens with zero attached hydrogens (tertiary/aromatic N) is 3. The number of halogens is 2. The first kappa shape index (κ1) is 14.1. The number of primary amides is 1. The van der Waals surface area contributed by atoms with E-state index in [1.54, 1.807) is 6.07 Å². The summed E-state index contributed by atoms with van der Waals surface area (Å²) in [6, 6.07) is 3.16. The van der Waals surface area contributed by atoms with Crippen molar-refractivity contribution >= 4 is 43.4 Å². The quantitative estimate of drug-likeness (QED) is 0.759. The third kappa shape index (κ3) is 3.08. The molecule has 21 heavy (non-hydrogen) atoms. The van der Waals surface area contributed by atoms with E-state index in [2.05, 4.69) is 31.1 Å². The fraction of sp³-hybridized carbons (Fsp3) is 0.167. The highest BCUT2D eigenvalue weighted by Gasteiger charge is 2.14. The monoisotopic (exact) mass is 370 g/mol. The normalized spacial score (nSPS) is 11.1. The maximum atomic E-state index is 13.8. The van der Waals surface area contributed by atoms with Gasteiger partial charge < -0.3 is 10.2 Å². The second kappa shape index (κ2) is 5.49. The van der Waals surface area contributed by atoms with Crippen molar-refractivity contribution in [3.63, 3.8) is 0 Å². The number of rotatable bonds is 4. The summed E-state index contributed by atoms with van der Waals surface area (Å²) in [5.41, 5.74) is 5.36. The fourth-order valence-electron chi connectivity index (χ4n) is 1.79. The number of amides is 1. The van der Waals surface area contributed by atoms with Crippen molar-refractivity contribution in [3.05, 3.63) is 39.2 Å². The molecule has 2 N–H and O–H groups in total. The zero-order valence-electron chi connectivity index (χ0n) is 10.5. The Morgan fingerprint density at radius 2 is 2.14 bits per heavy atom. The molecule has 0 aliphatic carbocycles. The molecular weight excluding hydrogens is 363 g/mol. The van der Waals surface area contributed by atoms with Crippen molar-refractivity contribution in [1.29, 1.82) is 0 Å². The number of hydrogen-bond acceptors (Lipinski definition) is 6. The summed E-state index contributed by atoms with van der Waals surface area (Å²) >= 11 is 4.58. The molecule has 0 aliphatic rings. The molecule has 0 atom stereocenters. The molecule has 9 heteroatoms. The molecule has 1 amide bonds. The van der Waals surface area contributed by atoms with E-state index in [-0.39, 0.29) is 24.5 Å². The van der Waals surface area contributed by atoms with Crippen LogP contribution in [0.25, 0.3) is 10.2 Å². The predicted octanol–water partition coefficient (Wildman–Crippen LogP) is 2.20. The van der Waals surface area contributed by atoms with Gasteiger partial charge in [0, 0.05) is 4.47 Å². The van der Waals surface area contributed by atoms with Gasteiger partial charge in [0.25, 0.3) is 0 Å². The highest BCUT2D eigenvalue weighted by molar-refractivity contribution is 9.10. The highest BCUT2D eigenvalue weighted by atomic mass is 79.9. The van der Waals surface area contributed by atoms with Crippen LogP contribution in [0.4, 0.5) is 4.39 Å². The lowest BCUT2D eigenvalue weighted by Gasteiger charge is -1.91. The smallest absolute Gasteiger partial charge is 0.226 e. The average Bonchev–Trinajstić information content (AvgIpc) is 2.96. The number of benzene rings is 1. The van der Waals surface area contributed by atoms with Gasteiger partial charge in [0.15, 0.2) is 5.82 Å². The van der Waals surface area contributed by atoms with Crippen molar-refractivity contribution in [3.8, 4) is 0 Å². The third-order valence-corrected chi connectivity index (χ3v) is 4.05. The summed E-state index contributed by atoms with van der Waals surface area (Å²) in [7, 11) is 0. The minimum atomic E-state index is -0.544. The van der Waals surface area contributed by atoms with E-state index < -0.39 is 5.91 Å². The first-order valence-electron chi connectivity index (χ1n) is 5.85. The molecule has 2 aromatic heterocycles. The van der Waals surface area contributed by atoms with Gasteiger partial charge in [-0.05, 0) is 12.1 Å². The van der Waals surface area contributed by atoms with Crippen molar-refractivity contribution in [2.24, 2.45) is 5.73 Å². The van der Waals surface area contributed by atoms with Crippen molar-refractivity contribution in [2.45, 2.75) is 12.8 Å². The maximum absolute atomic E-state index is 13.8. The largest absolute Gasteiger partial charge is 0.424 e. The van der Waals surface area contributed by atoms with Gasteiger partial charge in [0.2, 0.25) is 17.7 Å². The number of nitrogens with two attached hydrogens (primary N) is 1. The van der Waals surface area contributed by atoms with Crippen LogP contribution in [0.2, 0.25) is 0 Å². The number of aromatic nitrogens is 3. The Balaban J connectivity index is 1.86. The molecule has 0 fully saturated rings. The first-order chi connectivity index (χ1) is 10.0. The van der Waals surface area contributed by atoms with Crippen LogP contribution in [0.15, 0.2) is 21.0 Å². The van der Waals surface area contributed by atoms with E-state index in [9.17, 15) is 9.18 Å². The molecule has 3 aromatic rings. The highest BCUT2D eigenvalue weighted by Crippen LogP contribution is 2.29. The van der Waals surface area contributed by atoms with Crippen LogP contribution in [-0.4, -0.2) is 21.1 Å². The lowest BCUT2D eigenvalue weighted by molar-refractivity contribution is -0.117. The molecule has 0 saturated heterocycles. The fourth-order valence-corrected chi connectivity index (χ4v) is 3.38. The summed E-state index contributed by atoms with van der Waals surface area (Å²) in [5.74, 6) is -0.462. The van der Waals surface area contributed by atoms with Gasteiger partial charge in [0.1, 0.15) is 16.9 Å². The summed E-state index contributed by atoms with van der Waals surface area (Å²) in [4.78, 5) is 15.0. The number of fused-ring (bicyclic) bond motifs is 1. The topological polar surface area (TPSA) is 94.9 Å². The zero-order chi connectivity index (χ0) is 15.0. The molecule has 0 spiro atoms. The van der Waals surface area contributed by atoms with Gasteiger partial charge in [-0.1, -0.05) is 15.9 Å². The molecule has 0 bridgehead atoms. The Hall–Kier alpha value is -1.87. The van der Waals surface area contributed by atoms with Crippen molar-refractivity contribution < 1.29 is 13.6 Å². The van der Waals surface area contributed by atoms with Crippen LogP contribution >= 0.6 is 27.3 Å². The SMILES string of the molecule is NC(=O)Cc1nnc(Cc2nc3c(F)cc(Br)cc3s2)o1. The van der Waals surface area contributed by atoms with E-state index >= 15 is 0 Å². The van der Waals surface area contributed by atoms with Crippen LogP contribution in [0.1, 0.15) is 16.8 Å². The van der Waals surface area contributed by atoms with Crippen LogP contribution in [0.3, 0.4) is 0 Å². The summed E-state index contributed by atoms with van der Waals surface area (Å²) < 4.78 is 20.4. The van der Waals surface area contributed by atoms with Gasteiger partial charge in [-0.25, -0.2) is 9.37 Å². The van der Waals surface area contributed by atoms with Gasteiger partial charge >= 0.3 is 0 Å². The third-order valence-electron chi connectivity index (χ3n) is 2.59. The molecule has 3 rings (SSSR count). The molecule has 108 valence electrons. The van der Waals surface area contributed by atoms with Gasteiger partial charge in [-0.3, -0.25) is 4.79 Å². The van der Waals surface area contributed by atoms with Crippen molar-refractivity contribution in [1.82, 2.24) is 15.2 Å². The van der Waals surface area contributed by atoms with Crippen LogP contribution < -0.4 is 5.73 Å². The van der Waals surface area contributed by atoms with Crippen LogP contribution in [0, 0.1) is 5.82 Å². The molecule has 6 nitrogen and oxygen atoms in total. The van der Waals surface area contributed by atoms with Crippen molar-refractivity contribution in [2.75, 3.05) is 0 Å². The molecule has 0 aliphatic heterocycles. The first-order valence-corrected chi connectivity index (χ1v) is 7.46. The minimum Gasteiger partial charge on any atom is -0.424 e. The molecule has 0 saturated carbocycles. The second-order valence-electron chi connectivity index (χ2n) is 4.25. The Kier molecular flexibility index (Phi) is 3.68. The number of thiazole rings is 1. The predicted molar refractivity (Wildman–Crippen MR) is 77.3 cm³/mol. The molecular formula is C12H8BrFN4O2S. The Morgan fingerprint density at radius 3 is 2.90 bits per heavy atom. The Bertz CT molecular complexity index is 832. The Morgan fingerprint density at radius 1 is 1.38 bits per heavy atom. The minimum absolute atomic E-state index is 0.103. The van der Waals surface area contributed by atoms with Gasteiger partial charge in [0.05, 0.1) is 11.1 Å². The van der Waals surface area contributed by atoms with E-state index in [4.69, 9.17) is 10.2 Å². The maximum Gasteiger partial charge on any atom is 0.226 e. The lowest BCUT2D eigenvalue weighted by Crippen LogP contribution is -2.13. The van der Waals surface area contributed by atoms with Gasteiger partial charge in [-0.15, -0.1) is 21.5 Å². The van der Waals surface area contributed by atoms with E-state index in [0.717, 1.165) is 4.70 Å². The summed E-state index contributed by atoms with van der Waals surface area (Å²) in [6.07, 6.45) is 0.177. The summed E-state index contributed by atoms with van der Waals surface area (Å²) in [6.45, 7) is 0. The van der Waals surface area contributed by atoms with Gasteiger partial charge in [-0.2, -0.15) is 0 Å². The number of carbonyl (C=O) groups excluding carboxylic acids is 1. The molecule has 1 aromatic carbocycles. The van der Waals surface area contributed by atoms with Crippen LogP contribution in [-0.2, 0) is 17.6 Å². The number of hydrogen-bond donors (Lipinski definition) is 1. The summed E-state index contributed by atoms with van der Waals surface area (Å²) in [5, 5.41) is 8.18. The van der Waals surface area contributed by atoms with E-state index in [0.29, 0.717) is 20.9 Å². The molecule has 0 unspecified atom stereocenters. The molecule has 0 radical (unpaired) electrons. The van der Waals surface area contributed by atoms with Crippen LogP contribution in [0.5, 0.6) is 0 Å². The second-order valence-corrected chi connectivity index (χ2v) is 6.28. The standard InChI is InChI=1S/C12H8BrFN4O2S/c13-5-1-6(14)12-7(2-5)21-11(16-12)4-10-18-17-9(20-10)3-8(15)19/h1-2H,3-4H2,(H2,15,19). The average molecular weight is 371 g/mol. The van der Waals surface area contributed by atoms with E-state index in [1.165, 1.54) is 17.4 Å². The Labute approximate surface area is 130 Å². The lowest BCUT2D eigenvalue weighted by atomic mass is 10.3.